The van der Waals surface area contributed by atoms with Gasteiger partial charge in [0.1, 0.15) is 17.3 Å². The molecule has 0 radical (unpaired) electrons. The van der Waals surface area contributed by atoms with Gasteiger partial charge in [-0.05, 0) is 74.2 Å². The molecule has 3 aromatic rings. The molecule has 4 aliphatic rings. The first-order chi connectivity index (χ1) is 23.3. The standard InChI is InChI=1S/C38H40N6O4/c1-25-39-16-12-29(42-25)23-43-17-13-31(32(24-43)26-6-4-3-5-7-26)37(46)44-18-14-38(47,15-19-44)20-28-21-40-36-34(28)33(45)22-41-35(36)27-8-10-30(48-2)11-9-27/h3-12,16,21-22,31-32,47H,13-15,17-20,23-24H2,1-2H3/t31-,32+/m1/s1. The molecule has 2 fully saturated rings. The fraction of sp³-hybridized carbons (Fsp3) is 0.368. The summed E-state index contributed by atoms with van der Waals surface area (Å²) in [6, 6.07) is 19.8. The normalized spacial score (nSPS) is 22.3. The molecule has 1 amide bonds. The first-order valence-electron chi connectivity index (χ1n) is 16.6. The van der Waals surface area contributed by atoms with Crippen molar-refractivity contribution in [1.82, 2.24) is 19.8 Å². The van der Waals surface area contributed by atoms with Gasteiger partial charge in [-0.2, -0.15) is 0 Å². The van der Waals surface area contributed by atoms with Crippen LogP contribution in [0.1, 0.15) is 54.2 Å². The van der Waals surface area contributed by atoms with Crippen molar-refractivity contribution in [3.05, 3.63) is 106 Å². The molecule has 7 rings (SSSR count). The number of aliphatic hydroxyl groups is 1. The number of methoxy groups -OCH3 is 1. The molecule has 246 valence electrons. The van der Waals surface area contributed by atoms with Crippen LogP contribution in [0, 0.1) is 12.8 Å². The number of aryl methyl sites for hydroxylation is 1. The number of aliphatic imine (C=N–C) groups is 2. The highest BCUT2D eigenvalue weighted by molar-refractivity contribution is 6.40. The summed E-state index contributed by atoms with van der Waals surface area (Å²) in [4.78, 5) is 49.3. The van der Waals surface area contributed by atoms with E-state index in [1.807, 2.05) is 60.4 Å². The maximum Gasteiger partial charge on any atom is 0.226 e. The minimum absolute atomic E-state index is 0.0573. The molecule has 2 saturated heterocycles. The first kappa shape index (κ1) is 31.8. The van der Waals surface area contributed by atoms with E-state index in [2.05, 4.69) is 37.0 Å². The number of Topliss-reactive ketones (excluding diaryl/α,β-unsaturated/α-hetero) is 1. The summed E-state index contributed by atoms with van der Waals surface area (Å²) in [6.07, 6.45) is 6.73. The van der Waals surface area contributed by atoms with Crippen molar-refractivity contribution in [2.45, 2.75) is 50.7 Å². The van der Waals surface area contributed by atoms with E-state index in [1.54, 1.807) is 19.5 Å². The molecule has 0 spiro atoms. The van der Waals surface area contributed by atoms with Crippen molar-refractivity contribution >= 4 is 29.8 Å². The van der Waals surface area contributed by atoms with Gasteiger partial charge < -0.3 is 14.7 Å². The highest BCUT2D eigenvalue weighted by atomic mass is 16.5. The van der Waals surface area contributed by atoms with E-state index in [0.717, 1.165) is 48.9 Å². The van der Waals surface area contributed by atoms with Gasteiger partial charge in [-0.15, -0.1) is 0 Å². The summed E-state index contributed by atoms with van der Waals surface area (Å²) < 4.78 is 5.28. The number of ketones is 1. The van der Waals surface area contributed by atoms with Gasteiger partial charge in [-0.1, -0.05) is 30.3 Å². The van der Waals surface area contributed by atoms with E-state index in [4.69, 9.17) is 4.74 Å². The summed E-state index contributed by atoms with van der Waals surface area (Å²) in [5, 5.41) is 11.8. The smallest absolute Gasteiger partial charge is 0.226 e. The summed E-state index contributed by atoms with van der Waals surface area (Å²) in [5.74, 6) is 1.35. The number of amides is 1. The van der Waals surface area contributed by atoms with E-state index in [1.165, 1.54) is 11.8 Å². The number of likely N-dealkylation sites (tertiary alicyclic amines) is 2. The summed E-state index contributed by atoms with van der Waals surface area (Å²) >= 11 is 0. The predicted molar refractivity (Wildman–Crippen MR) is 184 cm³/mol. The van der Waals surface area contributed by atoms with E-state index >= 15 is 0 Å². The first-order valence-corrected chi connectivity index (χ1v) is 16.6. The average Bonchev–Trinajstić information content (AvgIpc) is 3.52. The third-order valence-electron chi connectivity index (χ3n) is 10.0. The maximum absolute atomic E-state index is 14.1. The molecule has 0 aliphatic carbocycles. The maximum atomic E-state index is 14.1. The number of aromatic nitrogens is 2. The summed E-state index contributed by atoms with van der Waals surface area (Å²) in [7, 11) is 1.61. The molecule has 0 bridgehead atoms. The Morgan fingerprint density at radius 3 is 2.46 bits per heavy atom. The quantitative estimate of drug-likeness (QED) is 0.382. The number of rotatable bonds is 8. The molecule has 2 atom stereocenters. The lowest BCUT2D eigenvalue weighted by molar-refractivity contribution is -0.142. The highest BCUT2D eigenvalue weighted by Crippen LogP contribution is 2.40. The molecule has 10 nitrogen and oxygen atoms in total. The van der Waals surface area contributed by atoms with E-state index in [-0.39, 0.29) is 23.5 Å². The fourth-order valence-electron chi connectivity index (χ4n) is 7.45. The lowest BCUT2D eigenvalue weighted by Gasteiger charge is -2.43. The van der Waals surface area contributed by atoms with Crippen LogP contribution in [0.5, 0.6) is 5.75 Å². The molecule has 4 aliphatic heterocycles. The van der Waals surface area contributed by atoms with E-state index in [9.17, 15) is 14.7 Å². The number of carbonyl (C=O) groups is 2. The Morgan fingerprint density at radius 1 is 0.979 bits per heavy atom. The molecule has 48 heavy (non-hydrogen) atoms. The Morgan fingerprint density at radius 2 is 1.73 bits per heavy atom. The van der Waals surface area contributed by atoms with Crippen LogP contribution >= 0.6 is 0 Å². The van der Waals surface area contributed by atoms with E-state index in [0.29, 0.717) is 54.9 Å². The zero-order chi connectivity index (χ0) is 33.3. The van der Waals surface area contributed by atoms with Gasteiger partial charge in [0.25, 0.3) is 0 Å². The molecule has 5 heterocycles. The number of allylic oxidation sites excluding steroid dienone is 1. The lowest BCUT2D eigenvalue weighted by Crippen LogP contribution is -2.51. The molecule has 1 aromatic heterocycles. The second-order valence-corrected chi connectivity index (χ2v) is 13.2. The van der Waals surface area contributed by atoms with Gasteiger partial charge in [0.15, 0.2) is 0 Å². The highest BCUT2D eigenvalue weighted by Gasteiger charge is 2.42. The van der Waals surface area contributed by atoms with Crippen molar-refractivity contribution in [3.8, 4) is 5.75 Å². The second kappa shape index (κ2) is 13.4. The van der Waals surface area contributed by atoms with Crippen LogP contribution in [-0.4, -0.2) is 87.9 Å². The molecular weight excluding hydrogens is 604 g/mol. The van der Waals surface area contributed by atoms with Gasteiger partial charge in [-0.3, -0.25) is 19.5 Å². The number of carbonyl (C=O) groups excluding carboxylic acids is 2. The van der Waals surface area contributed by atoms with Crippen molar-refractivity contribution in [2.75, 3.05) is 33.3 Å². The Kier molecular flexibility index (Phi) is 8.85. The third-order valence-corrected chi connectivity index (χ3v) is 10.0. The third kappa shape index (κ3) is 6.50. The molecule has 2 aromatic carbocycles. The zero-order valence-corrected chi connectivity index (χ0v) is 27.4. The Hall–Kier alpha value is -4.80. The fourth-order valence-corrected chi connectivity index (χ4v) is 7.45. The Labute approximate surface area is 280 Å². The molecule has 0 saturated carbocycles. The van der Waals surface area contributed by atoms with Crippen LogP contribution in [-0.2, 0) is 16.1 Å². The molecule has 10 heteroatoms. The summed E-state index contributed by atoms with van der Waals surface area (Å²) in [6.45, 7) is 5.13. The largest absolute Gasteiger partial charge is 0.497 e. The van der Waals surface area contributed by atoms with Gasteiger partial charge in [0.05, 0.1) is 35.9 Å². The number of nitrogens with zero attached hydrogens (tertiary/aromatic N) is 6. The van der Waals surface area contributed by atoms with Crippen LogP contribution in [0.2, 0.25) is 0 Å². The molecule has 0 unspecified atom stereocenters. The minimum atomic E-state index is -1.05. The SMILES string of the molecule is COc1ccc(C2=C3N=CC(CC4(O)CCN(C(=O)[C@@H]5CCN(Cc6ccnc(C)n6)C[C@H]5c5ccccc5)CC4)=C3C(=O)C=N2)cc1. The second-order valence-electron chi connectivity index (χ2n) is 13.2. The number of ether oxygens (including phenoxy) is 1. The van der Waals surface area contributed by atoms with Gasteiger partial charge in [0, 0.05) is 62.4 Å². The lowest BCUT2D eigenvalue weighted by atomic mass is 9.78. The van der Waals surface area contributed by atoms with Crippen molar-refractivity contribution in [3.63, 3.8) is 0 Å². The monoisotopic (exact) mass is 644 g/mol. The number of piperidine rings is 2. The van der Waals surface area contributed by atoms with Crippen LogP contribution < -0.4 is 4.74 Å². The van der Waals surface area contributed by atoms with Crippen molar-refractivity contribution in [2.24, 2.45) is 15.9 Å². The predicted octanol–water partition coefficient (Wildman–Crippen LogP) is 4.55. The summed E-state index contributed by atoms with van der Waals surface area (Å²) in [5.41, 5.74) is 4.30. The van der Waals surface area contributed by atoms with Gasteiger partial charge in [0.2, 0.25) is 11.7 Å². The number of benzene rings is 2. The van der Waals surface area contributed by atoms with Crippen LogP contribution in [0.4, 0.5) is 0 Å². The molecular formula is C38H40N6O4. The average molecular weight is 645 g/mol. The van der Waals surface area contributed by atoms with Crippen molar-refractivity contribution < 1.29 is 19.4 Å². The zero-order valence-electron chi connectivity index (χ0n) is 27.4. The van der Waals surface area contributed by atoms with Crippen molar-refractivity contribution in [1.29, 1.82) is 0 Å². The van der Waals surface area contributed by atoms with Gasteiger partial charge >= 0.3 is 0 Å². The Balaban J connectivity index is 1.03. The minimum Gasteiger partial charge on any atom is -0.497 e. The topological polar surface area (TPSA) is 121 Å². The molecule has 1 N–H and O–H groups in total. The van der Waals surface area contributed by atoms with Crippen LogP contribution in [0.3, 0.4) is 0 Å². The van der Waals surface area contributed by atoms with Crippen LogP contribution in [0.25, 0.3) is 5.70 Å². The number of hydrogen-bond donors (Lipinski definition) is 1. The van der Waals surface area contributed by atoms with Gasteiger partial charge in [-0.25, -0.2) is 15.0 Å². The van der Waals surface area contributed by atoms with Crippen LogP contribution in [0.15, 0.2) is 93.7 Å². The van der Waals surface area contributed by atoms with E-state index < -0.39 is 5.60 Å². The Bertz CT molecular complexity index is 1820. The number of hydrogen-bond acceptors (Lipinski definition) is 9. The number of fused-ring (bicyclic) bond motifs is 1.